The molecular weight excluding hydrogens is 643 g/mol. The van der Waals surface area contributed by atoms with Crippen LogP contribution in [-0.4, -0.2) is 17.2 Å². The van der Waals surface area contributed by atoms with Gasteiger partial charge in [-0.3, -0.25) is 0 Å². The molecule has 3 aromatic carbocycles. The number of ether oxygens (including phenoxy) is 2. The Labute approximate surface area is 236 Å². The van der Waals surface area contributed by atoms with Gasteiger partial charge in [0.2, 0.25) is 0 Å². The first-order valence-electron chi connectivity index (χ1n) is 11.4. The summed E-state index contributed by atoms with van der Waals surface area (Å²) in [5.74, 6) is -0.942. The van der Waals surface area contributed by atoms with Crippen molar-refractivity contribution in [1.82, 2.24) is 0 Å². The quantitative estimate of drug-likeness (QED) is 0.208. The Hall–Kier alpha value is -2.01. The van der Waals surface area contributed by atoms with Crippen LogP contribution in [0.5, 0.6) is 5.75 Å². The number of hydrogen-bond acceptors (Lipinski definition) is 3. The molecule has 0 saturated carbocycles. The number of halogens is 6. The topological polar surface area (TPSA) is 55.8 Å². The minimum Gasteiger partial charge on any atom is -0.479 e. The van der Waals surface area contributed by atoms with Crippen LogP contribution in [0, 0.1) is 3.57 Å². The number of carboxylic acid groups (broad SMARTS) is 1. The van der Waals surface area contributed by atoms with Crippen LogP contribution in [-0.2, 0) is 28.7 Å². The molecule has 0 aromatic heterocycles. The van der Waals surface area contributed by atoms with E-state index in [0.29, 0.717) is 24.0 Å². The van der Waals surface area contributed by atoms with Crippen molar-refractivity contribution >= 4 is 51.8 Å². The van der Waals surface area contributed by atoms with Crippen molar-refractivity contribution in [2.75, 3.05) is 0 Å². The minimum absolute atomic E-state index is 0.102. The third-order valence-corrected chi connectivity index (χ3v) is 7.32. The first-order chi connectivity index (χ1) is 17.5. The van der Waals surface area contributed by atoms with Gasteiger partial charge in [0.05, 0.1) is 23.3 Å². The second-order valence-electron chi connectivity index (χ2n) is 8.29. The van der Waals surface area contributed by atoms with Crippen molar-refractivity contribution in [3.05, 3.63) is 96.5 Å². The number of aliphatic carboxylic acids is 1. The highest BCUT2D eigenvalue weighted by atomic mass is 127. The molecule has 0 fully saturated rings. The van der Waals surface area contributed by atoms with Gasteiger partial charge in [0.1, 0.15) is 10.8 Å². The number of hydrogen-bond donors (Lipinski definition) is 1. The van der Waals surface area contributed by atoms with E-state index in [1.807, 2.05) is 24.3 Å². The average Bonchev–Trinajstić information content (AvgIpc) is 2.86. The van der Waals surface area contributed by atoms with Gasteiger partial charge in [-0.1, -0.05) is 60.5 Å². The predicted molar refractivity (Wildman–Crippen MR) is 145 cm³/mol. The van der Waals surface area contributed by atoms with E-state index in [9.17, 15) is 23.1 Å². The van der Waals surface area contributed by atoms with Crippen LogP contribution >= 0.6 is 45.8 Å². The molecule has 3 aromatic rings. The van der Waals surface area contributed by atoms with Gasteiger partial charge in [-0.15, -0.1) is 0 Å². The summed E-state index contributed by atoms with van der Waals surface area (Å²) < 4.78 is 51.9. The molecule has 0 aliphatic carbocycles. The van der Waals surface area contributed by atoms with E-state index < -0.39 is 29.9 Å². The molecule has 10 heteroatoms. The minimum atomic E-state index is -4.43. The van der Waals surface area contributed by atoms with Crippen LogP contribution in [0.25, 0.3) is 0 Å². The summed E-state index contributed by atoms with van der Waals surface area (Å²) >= 11 is 15.0. The predicted octanol–water partition coefficient (Wildman–Crippen LogP) is 8.75. The lowest BCUT2D eigenvalue weighted by molar-refractivity contribution is -0.145. The largest absolute Gasteiger partial charge is 0.479 e. The van der Waals surface area contributed by atoms with Gasteiger partial charge in [0, 0.05) is 3.57 Å². The maximum atomic E-state index is 13.1. The fourth-order valence-electron chi connectivity index (χ4n) is 3.61. The van der Waals surface area contributed by atoms with Gasteiger partial charge >= 0.3 is 12.1 Å². The Morgan fingerprint density at radius 1 is 1.00 bits per heavy atom. The first kappa shape index (κ1) is 29.5. The van der Waals surface area contributed by atoms with E-state index in [2.05, 4.69) is 22.6 Å². The Kier molecular flexibility index (Phi) is 10.5. The molecule has 0 bridgehead atoms. The molecule has 4 nitrogen and oxygen atoms in total. The molecule has 2 unspecified atom stereocenters. The summed E-state index contributed by atoms with van der Waals surface area (Å²) in [5, 5.41) is 9.56. The Balaban J connectivity index is 1.79. The van der Waals surface area contributed by atoms with Crippen LogP contribution in [0.4, 0.5) is 13.2 Å². The Morgan fingerprint density at radius 3 is 2.22 bits per heavy atom. The average molecular weight is 667 g/mol. The molecule has 0 radical (unpaired) electrons. The fraction of sp³-hybridized carbons (Fsp3) is 0.296. The third kappa shape index (κ3) is 8.24. The molecule has 0 amide bonds. The highest BCUT2D eigenvalue weighted by molar-refractivity contribution is 14.1. The van der Waals surface area contributed by atoms with Crippen LogP contribution in [0.3, 0.4) is 0 Å². The van der Waals surface area contributed by atoms with E-state index in [1.165, 1.54) is 12.1 Å². The summed E-state index contributed by atoms with van der Waals surface area (Å²) in [4.78, 5) is 11.3. The zero-order valence-corrected chi connectivity index (χ0v) is 23.4. The molecule has 2 atom stereocenters. The van der Waals surface area contributed by atoms with Crippen molar-refractivity contribution in [3.8, 4) is 5.75 Å². The molecule has 37 heavy (non-hydrogen) atoms. The lowest BCUT2D eigenvalue weighted by atomic mass is 9.99. The van der Waals surface area contributed by atoms with E-state index in [1.54, 1.807) is 19.1 Å². The maximum absolute atomic E-state index is 13.1. The van der Waals surface area contributed by atoms with Crippen LogP contribution in [0.2, 0.25) is 10.0 Å². The van der Waals surface area contributed by atoms with Crippen molar-refractivity contribution in [2.45, 2.75) is 51.2 Å². The van der Waals surface area contributed by atoms with Gasteiger partial charge < -0.3 is 14.6 Å². The number of alkyl halides is 3. The van der Waals surface area contributed by atoms with E-state index in [0.717, 1.165) is 21.3 Å². The molecule has 0 aliphatic heterocycles. The van der Waals surface area contributed by atoms with E-state index in [4.69, 9.17) is 32.7 Å². The van der Waals surface area contributed by atoms with Crippen molar-refractivity contribution in [2.24, 2.45) is 0 Å². The monoisotopic (exact) mass is 666 g/mol. The second kappa shape index (κ2) is 13.2. The summed E-state index contributed by atoms with van der Waals surface area (Å²) in [6.07, 6.45) is -4.92. The zero-order valence-electron chi connectivity index (χ0n) is 19.7. The highest BCUT2D eigenvalue weighted by Gasteiger charge is 2.30. The van der Waals surface area contributed by atoms with Crippen molar-refractivity contribution in [1.29, 1.82) is 0 Å². The molecule has 0 saturated heterocycles. The molecule has 0 aliphatic rings. The lowest BCUT2D eigenvalue weighted by Gasteiger charge is -2.20. The normalized spacial score (nSPS) is 13.3. The summed E-state index contributed by atoms with van der Waals surface area (Å²) in [5.41, 5.74) is 1.48. The van der Waals surface area contributed by atoms with E-state index in [-0.39, 0.29) is 28.8 Å². The zero-order chi connectivity index (χ0) is 27.2. The molecule has 198 valence electrons. The van der Waals surface area contributed by atoms with Gasteiger partial charge in [-0.05, 0) is 88.9 Å². The molecular formula is C27H24Cl2F3IO4. The summed E-state index contributed by atoms with van der Waals surface area (Å²) in [6, 6.07) is 15.9. The summed E-state index contributed by atoms with van der Waals surface area (Å²) in [7, 11) is 0. The third-order valence-electron chi connectivity index (χ3n) is 5.69. The van der Waals surface area contributed by atoms with E-state index >= 15 is 0 Å². The first-order valence-corrected chi connectivity index (χ1v) is 13.2. The lowest BCUT2D eigenvalue weighted by Crippen LogP contribution is -2.26. The van der Waals surface area contributed by atoms with Crippen molar-refractivity contribution in [3.63, 3.8) is 0 Å². The van der Waals surface area contributed by atoms with Gasteiger partial charge in [0.15, 0.2) is 6.10 Å². The second-order valence-corrected chi connectivity index (χ2v) is 10.3. The van der Waals surface area contributed by atoms with Gasteiger partial charge in [0.25, 0.3) is 0 Å². The van der Waals surface area contributed by atoms with Crippen LogP contribution in [0.1, 0.15) is 48.1 Å². The number of carbonyl (C=O) groups is 1. The highest BCUT2D eigenvalue weighted by Crippen LogP contribution is 2.37. The number of aryl methyl sites for hydroxylation is 1. The number of carboxylic acids is 1. The van der Waals surface area contributed by atoms with Crippen LogP contribution < -0.4 is 4.74 Å². The van der Waals surface area contributed by atoms with Gasteiger partial charge in [-0.2, -0.15) is 13.2 Å². The smallest absolute Gasteiger partial charge is 0.416 e. The fourth-order valence-corrected chi connectivity index (χ4v) is 4.45. The Bertz CT molecular complexity index is 1200. The number of benzene rings is 3. The molecule has 3 rings (SSSR count). The molecule has 0 spiro atoms. The summed E-state index contributed by atoms with van der Waals surface area (Å²) in [6.45, 7) is 1.96. The van der Waals surface area contributed by atoms with Gasteiger partial charge in [-0.25, -0.2) is 4.79 Å². The number of rotatable bonds is 11. The Morgan fingerprint density at radius 2 is 1.65 bits per heavy atom. The maximum Gasteiger partial charge on any atom is 0.416 e. The SMILES string of the molecule is CCC(Oc1ccc(CCC(OCc2ccc(I)cc2)c2ccc(C(F)(F)F)cc2)c(Cl)c1Cl)C(=O)O. The molecule has 0 heterocycles. The standard InChI is InChI=1S/C27H24Cl2F3IO4/c1-2-21(26(34)35)37-23-14-8-18(24(28)25(23)29)7-13-22(36-15-16-3-11-20(33)12-4-16)17-5-9-19(10-6-17)27(30,31)32/h3-6,8-12,14,21-22H,2,7,13,15H2,1H3,(H,34,35). The molecule has 1 N–H and O–H groups in total. The van der Waals surface area contributed by atoms with Crippen molar-refractivity contribution < 1.29 is 32.5 Å². The van der Waals surface area contributed by atoms with Crippen LogP contribution in [0.15, 0.2) is 60.7 Å².